The molecule has 0 aliphatic carbocycles. The Balaban J connectivity index is 1.34. The summed E-state index contributed by atoms with van der Waals surface area (Å²) in [6.07, 6.45) is -6.88. The third kappa shape index (κ3) is 6.31. The lowest BCUT2D eigenvalue weighted by Gasteiger charge is -2.32. The summed E-state index contributed by atoms with van der Waals surface area (Å²) in [4.78, 5) is 10.9. The van der Waals surface area contributed by atoms with Crippen molar-refractivity contribution in [2.45, 2.75) is 38.2 Å². The predicted octanol–water partition coefficient (Wildman–Crippen LogP) is 6.79. The molecule has 1 aliphatic rings. The molecular weight excluding hydrogens is 502 g/mol. The van der Waals surface area contributed by atoms with Crippen LogP contribution in [-0.2, 0) is 19.1 Å². The molecule has 34 heavy (non-hydrogen) atoms. The van der Waals surface area contributed by atoms with Gasteiger partial charge in [-0.05, 0) is 55.6 Å². The predicted molar refractivity (Wildman–Crippen MR) is 120 cm³/mol. The van der Waals surface area contributed by atoms with E-state index in [1.165, 1.54) is 24.5 Å². The Morgan fingerprint density at radius 3 is 2.47 bits per heavy atom. The van der Waals surface area contributed by atoms with Crippen molar-refractivity contribution in [1.29, 1.82) is 0 Å². The standard InChI is InChI=1S/C22H21ClF6N4S/c23-15-2-1-14(18(7-15)22(27,28)29)11-33-5-3-13(4-6-33)10-30-19-17-8-16(9-21(24,25)26)34-20(17)32-12-31-19/h1-2,7-8,12-13H,3-6,9-11H2,(H,30,31,32). The molecule has 0 atom stereocenters. The second kappa shape index (κ2) is 9.87. The van der Waals surface area contributed by atoms with Gasteiger partial charge in [-0.2, -0.15) is 26.3 Å². The van der Waals surface area contributed by atoms with Crippen molar-refractivity contribution in [3.05, 3.63) is 51.6 Å². The maximum atomic E-state index is 13.3. The molecule has 0 unspecified atom stereocenters. The van der Waals surface area contributed by atoms with E-state index in [9.17, 15) is 26.3 Å². The van der Waals surface area contributed by atoms with Crippen LogP contribution in [-0.4, -0.2) is 40.7 Å². The fourth-order valence-corrected chi connectivity index (χ4v) is 5.31. The zero-order valence-electron chi connectivity index (χ0n) is 17.8. The van der Waals surface area contributed by atoms with Crippen molar-refractivity contribution in [3.63, 3.8) is 0 Å². The van der Waals surface area contributed by atoms with Crippen LogP contribution in [0.4, 0.5) is 32.2 Å². The van der Waals surface area contributed by atoms with E-state index in [0.29, 0.717) is 35.7 Å². The van der Waals surface area contributed by atoms with Gasteiger partial charge in [-0.1, -0.05) is 17.7 Å². The highest BCUT2D eigenvalue weighted by atomic mass is 35.5. The number of nitrogens with zero attached hydrogens (tertiary/aromatic N) is 3. The van der Waals surface area contributed by atoms with Gasteiger partial charge in [0.1, 0.15) is 17.0 Å². The molecule has 3 aromatic rings. The van der Waals surface area contributed by atoms with Crippen LogP contribution >= 0.6 is 22.9 Å². The fourth-order valence-electron chi connectivity index (χ4n) is 4.11. The van der Waals surface area contributed by atoms with E-state index in [0.717, 1.165) is 30.2 Å². The van der Waals surface area contributed by atoms with Crippen LogP contribution < -0.4 is 5.32 Å². The minimum Gasteiger partial charge on any atom is -0.369 e. The van der Waals surface area contributed by atoms with E-state index in [-0.39, 0.29) is 27.9 Å². The number of thiophene rings is 1. The molecule has 4 rings (SSSR count). The van der Waals surface area contributed by atoms with Crippen LogP contribution in [0.1, 0.15) is 28.8 Å². The molecular formula is C22H21ClF6N4S. The lowest BCUT2D eigenvalue weighted by Crippen LogP contribution is -2.36. The highest BCUT2D eigenvalue weighted by molar-refractivity contribution is 7.18. The van der Waals surface area contributed by atoms with Gasteiger partial charge in [0.25, 0.3) is 0 Å². The number of rotatable bonds is 6. The van der Waals surface area contributed by atoms with Crippen LogP contribution in [0.15, 0.2) is 30.6 Å². The van der Waals surface area contributed by atoms with Gasteiger partial charge in [-0.15, -0.1) is 11.3 Å². The van der Waals surface area contributed by atoms with Crippen molar-refractivity contribution in [1.82, 2.24) is 14.9 Å². The Morgan fingerprint density at radius 1 is 1.06 bits per heavy atom. The van der Waals surface area contributed by atoms with Crippen molar-refractivity contribution in [2.24, 2.45) is 5.92 Å². The molecule has 0 bridgehead atoms. The van der Waals surface area contributed by atoms with Gasteiger partial charge in [0, 0.05) is 23.0 Å². The number of benzene rings is 1. The Labute approximate surface area is 200 Å². The highest BCUT2D eigenvalue weighted by Crippen LogP contribution is 2.35. The summed E-state index contributed by atoms with van der Waals surface area (Å²) in [6, 6.07) is 5.33. The molecule has 0 saturated carbocycles. The normalized spacial score (nSPS) is 16.3. The van der Waals surface area contributed by atoms with E-state index in [4.69, 9.17) is 11.6 Å². The third-order valence-corrected chi connectivity index (χ3v) is 7.07. The molecule has 1 fully saturated rings. The zero-order chi connectivity index (χ0) is 24.5. The van der Waals surface area contributed by atoms with Gasteiger partial charge in [0.05, 0.1) is 17.4 Å². The quantitative estimate of drug-likeness (QED) is 0.362. The molecule has 12 heteroatoms. The van der Waals surface area contributed by atoms with Gasteiger partial charge < -0.3 is 5.32 Å². The molecule has 3 heterocycles. The van der Waals surface area contributed by atoms with Crippen LogP contribution in [0.5, 0.6) is 0 Å². The number of anilines is 1. The first kappa shape index (κ1) is 25.0. The molecule has 4 nitrogen and oxygen atoms in total. The Morgan fingerprint density at radius 2 is 1.79 bits per heavy atom. The summed E-state index contributed by atoms with van der Waals surface area (Å²) in [7, 11) is 0. The Hall–Kier alpha value is -2.11. The molecule has 0 amide bonds. The number of piperidine rings is 1. The lowest BCUT2D eigenvalue weighted by molar-refractivity contribution is -0.138. The van der Waals surface area contributed by atoms with Gasteiger partial charge >= 0.3 is 12.4 Å². The monoisotopic (exact) mass is 522 g/mol. The second-order valence-corrected chi connectivity index (χ2v) is 9.90. The minimum absolute atomic E-state index is 0.0517. The third-order valence-electron chi connectivity index (χ3n) is 5.79. The number of alkyl halides is 6. The molecule has 2 aromatic heterocycles. The summed E-state index contributed by atoms with van der Waals surface area (Å²) in [5.74, 6) is 0.759. The summed E-state index contributed by atoms with van der Waals surface area (Å²) in [5.41, 5.74) is -0.513. The summed E-state index contributed by atoms with van der Waals surface area (Å²) in [5, 5.41) is 3.84. The van der Waals surface area contributed by atoms with Gasteiger partial charge in [-0.25, -0.2) is 9.97 Å². The first-order chi connectivity index (χ1) is 16.0. The molecule has 1 saturated heterocycles. The number of likely N-dealkylation sites (tertiary alicyclic amines) is 1. The Kier molecular flexibility index (Phi) is 7.25. The van der Waals surface area contributed by atoms with E-state index >= 15 is 0 Å². The zero-order valence-corrected chi connectivity index (χ0v) is 19.4. The van der Waals surface area contributed by atoms with Gasteiger partial charge in [0.2, 0.25) is 0 Å². The average molecular weight is 523 g/mol. The van der Waals surface area contributed by atoms with E-state index in [1.807, 2.05) is 4.90 Å². The van der Waals surface area contributed by atoms with E-state index < -0.39 is 24.3 Å². The summed E-state index contributed by atoms with van der Waals surface area (Å²) in [6.45, 7) is 2.04. The van der Waals surface area contributed by atoms with Crippen LogP contribution in [0.3, 0.4) is 0 Å². The molecule has 0 radical (unpaired) electrons. The van der Waals surface area contributed by atoms with Gasteiger partial charge in [-0.3, -0.25) is 4.90 Å². The molecule has 1 aliphatic heterocycles. The smallest absolute Gasteiger partial charge is 0.369 e. The Bertz CT molecular complexity index is 1140. The van der Waals surface area contributed by atoms with Crippen molar-refractivity contribution in [3.8, 4) is 0 Å². The van der Waals surface area contributed by atoms with E-state index in [2.05, 4.69) is 15.3 Å². The largest absolute Gasteiger partial charge is 0.416 e. The fraction of sp³-hybridized carbons (Fsp3) is 0.455. The van der Waals surface area contributed by atoms with Crippen molar-refractivity contribution in [2.75, 3.05) is 25.0 Å². The first-order valence-electron chi connectivity index (χ1n) is 10.6. The second-order valence-electron chi connectivity index (χ2n) is 8.35. The number of fused-ring (bicyclic) bond motifs is 1. The minimum atomic E-state index is -4.47. The number of hydrogen-bond donors (Lipinski definition) is 1. The van der Waals surface area contributed by atoms with Crippen LogP contribution in [0, 0.1) is 5.92 Å². The van der Waals surface area contributed by atoms with Gasteiger partial charge in [0.15, 0.2) is 0 Å². The maximum Gasteiger partial charge on any atom is 0.416 e. The van der Waals surface area contributed by atoms with Crippen molar-refractivity contribution < 1.29 is 26.3 Å². The molecule has 1 aromatic carbocycles. The van der Waals surface area contributed by atoms with Crippen molar-refractivity contribution >= 4 is 39.0 Å². The maximum absolute atomic E-state index is 13.3. The number of halogens is 7. The molecule has 184 valence electrons. The topological polar surface area (TPSA) is 41.0 Å². The lowest BCUT2D eigenvalue weighted by atomic mass is 9.96. The van der Waals surface area contributed by atoms with E-state index in [1.54, 1.807) is 0 Å². The summed E-state index contributed by atoms with van der Waals surface area (Å²) < 4.78 is 78.2. The van der Waals surface area contributed by atoms with Crippen LogP contribution in [0.25, 0.3) is 10.2 Å². The highest BCUT2D eigenvalue weighted by Gasteiger charge is 2.34. The number of nitrogens with one attached hydrogen (secondary N) is 1. The first-order valence-corrected chi connectivity index (χ1v) is 11.8. The molecule has 0 spiro atoms. The van der Waals surface area contributed by atoms with Crippen LogP contribution in [0.2, 0.25) is 5.02 Å². The molecule has 1 N–H and O–H groups in total. The average Bonchev–Trinajstić information content (AvgIpc) is 3.15. The SMILES string of the molecule is FC(F)(F)Cc1cc2c(NCC3CCN(Cc4ccc(Cl)cc4C(F)(F)F)CC3)ncnc2s1. The number of hydrogen-bond acceptors (Lipinski definition) is 5. The number of aromatic nitrogens is 2. The summed E-state index contributed by atoms with van der Waals surface area (Å²) >= 11 is 6.76.